The van der Waals surface area contributed by atoms with E-state index in [9.17, 15) is 23.1 Å². The minimum absolute atomic E-state index is 0.00335. The summed E-state index contributed by atoms with van der Waals surface area (Å²) in [6.45, 7) is 14.5. The summed E-state index contributed by atoms with van der Waals surface area (Å²) in [7, 11) is 0.845. The van der Waals surface area contributed by atoms with Gasteiger partial charge in [0.1, 0.15) is 6.10 Å². The van der Waals surface area contributed by atoms with E-state index in [-0.39, 0.29) is 36.3 Å². The van der Waals surface area contributed by atoms with E-state index < -0.39 is 35.6 Å². The molecule has 2 saturated heterocycles. The maximum absolute atomic E-state index is 14.4. The van der Waals surface area contributed by atoms with Gasteiger partial charge in [0.05, 0.1) is 17.8 Å². The van der Waals surface area contributed by atoms with E-state index in [1.165, 1.54) is 24.3 Å². The number of aliphatic hydroxyl groups is 1. The molecule has 1 aliphatic carbocycles. The van der Waals surface area contributed by atoms with Crippen LogP contribution in [0.2, 0.25) is 0 Å². The summed E-state index contributed by atoms with van der Waals surface area (Å²) >= 11 is 0. The van der Waals surface area contributed by atoms with Crippen molar-refractivity contribution in [3.63, 3.8) is 0 Å². The zero-order chi connectivity index (χ0) is 28.0. The van der Waals surface area contributed by atoms with Crippen molar-refractivity contribution in [1.29, 1.82) is 0 Å². The summed E-state index contributed by atoms with van der Waals surface area (Å²) in [6, 6.07) is 6.75. The minimum Gasteiger partial charge on any atom is -0.455 e. The average molecular weight is 537 g/mol. The second kappa shape index (κ2) is 10.4. The number of carbonyl (C=O) groups is 1. The Balaban J connectivity index is 1.65. The molecule has 0 radical (unpaired) electrons. The molecule has 1 saturated carbocycles. The normalized spacial score (nSPS) is 35.6. The van der Waals surface area contributed by atoms with Crippen molar-refractivity contribution in [3.8, 4) is 0 Å². The molecule has 2 heterocycles. The lowest BCUT2D eigenvalue weighted by molar-refractivity contribution is -0.277. The molecule has 4 rings (SSSR count). The van der Waals surface area contributed by atoms with Crippen molar-refractivity contribution in [2.75, 3.05) is 7.11 Å². The summed E-state index contributed by atoms with van der Waals surface area (Å²) in [5.41, 5.74) is -3.42. The number of rotatable bonds is 5. The van der Waals surface area contributed by atoms with Crippen molar-refractivity contribution >= 4 is 5.97 Å². The minimum atomic E-state index is -5.08. The molecule has 0 spiro atoms. The number of esters is 1. The number of halogens is 3. The molecular formula is C30H39F3O5. The molecule has 2 aliphatic heterocycles. The molecule has 3 aliphatic rings. The van der Waals surface area contributed by atoms with Crippen LogP contribution in [0.25, 0.3) is 0 Å². The van der Waals surface area contributed by atoms with E-state index in [2.05, 4.69) is 27.0 Å². The summed E-state index contributed by atoms with van der Waals surface area (Å²) in [5, 5.41) is 11.6. The third-order valence-corrected chi connectivity index (χ3v) is 8.97. The third kappa shape index (κ3) is 4.84. The van der Waals surface area contributed by atoms with Crippen LogP contribution in [0.1, 0.15) is 58.4 Å². The van der Waals surface area contributed by atoms with Gasteiger partial charge in [0, 0.05) is 18.6 Å². The van der Waals surface area contributed by atoms with Crippen LogP contribution in [0.3, 0.4) is 0 Å². The van der Waals surface area contributed by atoms with Crippen LogP contribution in [-0.2, 0) is 24.6 Å². The predicted molar refractivity (Wildman–Crippen MR) is 137 cm³/mol. The van der Waals surface area contributed by atoms with Crippen molar-refractivity contribution in [1.82, 2.24) is 0 Å². The second-order valence-corrected chi connectivity index (χ2v) is 11.7. The van der Waals surface area contributed by atoms with Crippen molar-refractivity contribution in [2.45, 2.75) is 88.6 Å². The molecule has 3 fully saturated rings. The molecule has 0 amide bonds. The lowest BCUT2D eigenvalue weighted by atomic mass is 9.61. The van der Waals surface area contributed by atoms with Gasteiger partial charge in [0.15, 0.2) is 0 Å². The van der Waals surface area contributed by atoms with E-state index in [0.29, 0.717) is 23.8 Å². The zero-order valence-electron chi connectivity index (χ0n) is 22.6. The maximum atomic E-state index is 14.4. The first-order chi connectivity index (χ1) is 17.7. The number of hydrogen-bond donors (Lipinski definition) is 1. The van der Waals surface area contributed by atoms with Gasteiger partial charge >= 0.3 is 12.1 Å². The molecule has 0 unspecified atom stereocenters. The largest absolute Gasteiger partial charge is 0.455 e. The molecule has 38 heavy (non-hydrogen) atoms. The van der Waals surface area contributed by atoms with E-state index in [4.69, 9.17) is 14.2 Å². The number of methoxy groups -OCH3 is 1. The van der Waals surface area contributed by atoms with Gasteiger partial charge in [-0.3, -0.25) is 0 Å². The van der Waals surface area contributed by atoms with Crippen LogP contribution in [0.15, 0.2) is 54.6 Å². The Morgan fingerprint density at radius 2 is 1.82 bits per heavy atom. The summed E-state index contributed by atoms with van der Waals surface area (Å²) in [6.07, 6.45) is -4.50. The Hall–Kier alpha value is -2.16. The number of fused-ring (bicyclic) bond motifs is 5. The molecule has 5 nitrogen and oxygen atoms in total. The van der Waals surface area contributed by atoms with Crippen LogP contribution >= 0.6 is 0 Å². The second-order valence-electron chi connectivity index (χ2n) is 11.7. The summed E-state index contributed by atoms with van der Waals surface area (Å²) in [5.74, 6) is -0.717. The lowest BCUT2D eigenvalue weighted by Gasteiger charge is -2.44. The highest BCUT2D eigenvalue weighted by Gasteiger charge is 2.64. The molecule has 1 aromatic carbocycles. The number of alkyl halides is 3. The predicted octanol–water partition coefficient (Wildman–Crippen LogP) is 6.12. The summed E-state index contributed by atoms with van der Waals surface area (Å²) in [4.78, 5) is 13.3. The molecule has 8 heteroatoms. The fraction of sp³-hybridized carbons (Fsp3) is 0.633. The first-order valence-electron chi connectivity index (χ1n) is 13.4. The fourth-order valence-corrected chi connectivity index (χ4v) is 6.95. The van der Waals surface area contributed by atoms with Crippen molar-refractivity contribution < 1.29 is 37.3 Å². The quantitative estimate of drug-likeness (QED) is 0.363. The van der Waals surface area contributed by atoms with Gasteiger partial charge in [-0.1, -0.05) is 62.9 Å². The highest BCUT2D eigenvalue weighted by molar-refractivity contribution is 5.83. The number of benzene rings is 1. The Kier molecular flexibility index (Phi) is 7.92. The number of ether oxygens (including phenoxy) is 3. The molecule has 2 bridgehead atoms. The van der Waals surface area contributed by atoms with Crippen LogP contribution < -0.4 is 0 Å². The van der Waals surface area contributed by atoms with E-state index in [1.54, 1.807) is 13.0 Å². The van der Waals surface area contributed by atoms with Gasteiger partial charge < -0.3 is 19.3 Å². The number of carbonyl (C=O) groups excluding carboxylic acids is 1. The highest BCUT2D eigenvalue weighted by Crippen LogP contribution is 2.55. The molecule has 0 aromatic heterocycles. The molecule has 210 valence electrons. The van der Waals surface area contributed by atoms with E-state index in [1.807, 2.05) is 0 Å². The average Bonchev–Trinajstić information content (AvgIpc) is 3.24. The molecule has 8 atom stereocenters. The van der Waals surface area contributed by atoms with Gasteiger partial charge in [-0.25, -0.2) is 4.79 Å². The Bertz CT molecular complexity index is 1050. The zero-order valence-corrected chi connectivity index (χ0v) is 22.6. The summed E-state index contributed by atoms with van der Waals surface area (Å²) < 4.78 is 60.3. The highest BCUT2D eigenvalue weighted by atomic mass is 19.4. The van der Waals surface area contributed by atoms with E-state index in [0.717, 1.165) is 25.5 Å². The topological polar surface area (TPSA) is 65.0 Å². The van der Waals surface area contributed by atoms with Crippen LogP contribution in [0.5, 0.6) is 0 Å². The lowest BCUT2D eigenvalue weighted by Crippen LogP contribution is -2.53. The van der Waals surface area contributed by atoms with Crippen LogP contribution in [0.4, 0.5) is 13.2 Å². The standard InChI is InChI=1S/C30H39F3O5/c1-17(2)21-13-12-18(3)24-23-16-19(4)22(14-15-28(5,35)26(37-23)25(21)24)38-27(34)29(36-6,30(31,32)33)20-10-8-7-9-11-20/h7-11,17,21-26,35H,3-4,12-16H2,1-2,5-6H3/t21-,22+,23-,24-,25-,26-,28-,29-/m1/s1. The molecular weight excluding hydrogens is 497 g/mol. The van der Waals surface area contributed by atoms with Gasteiger partial charge in [-0.05, 0) is 62.4 Å². The fourth-order valence-electron chi connectivity index (χ4n) is 6.95. The van der Waals surface area contributed by atoms with Crippen molar-refractivity contribution in [3.05, 3.63) is 60.2 Å². The van der Waals surface area contributed by atoms with Gasteiger partial charge in [-0.2, -0.15) is 13.2 Å². The van der Waals surface area contributed by atoms with Gasteiger partial charge in [0.2, 0.25) is 0 Å². The van der Waals surface area contributed by atoms with Crippen LogP contribution in [-0.4, -0.2) is 48.3 Å². The van der Waals surface area contributed by atoms with E-state index >= 15 is 0 Å². The SMILES string of the molecule is C=C1CC[C@H](C(C)C)[C@@H]2[C@H]1[C@H]1CC(=C)[C@@H](OC(=O)[C@](OC)(c3ccccc3)C(F)(F)F)CC[C@@](C)(O)[C@@H]2O1. The van der Waals surface area contributed by atoms with Crippen LogP contribution in [0, 0.1) is 23.7 Å². The monoisotopic (exact) mass is 536 g/mol. The van der Waals surface area contributed by atoms with Gasteiger partial charge in [-0.15, -0.1) is 0 Å². The third-order valence-electron chi connectivity index (χ3n) is 8.97. The molecule has 1 N–H and O–H groups in total. The van der Waals surface area contributed by atoms with Crippen molar-refractivity contribution in [2.24, 2.45) is 23.7 Å². The number of hydrogen-bond acceptors (Lipinski definition) is 5. The Morgan fingerprint density at radius 3 is 2.39 bits per heavy atom. The molecule has 1 aromatic rings. The Morgan fingerprint density at radius 1 is 1.16 bits per heavy atom. The first-order valence-corrected chi connectivity index (χ1v) is 13.4. The smallest absolute Gasteiger partial charge is 0.432 e. The maximum Gasteiger partial charge on any atom is 0.432 e. The first kappa shape index (κ1) is 28.8. The Labute approximate surface area is 223 Å². The van der Waals surface area contributed by atoms with Gasteiger partial charge in [0.25, 0.3) is 5.60 Å².